The quantitative estimate of drug-likeness (QED) is 0.443. The van der Waals surface area contributed by atoms with E-state index in [0.29, 0.717) is 22.4 Å². The van der Waals surface area contributed by atoms with Crippen LogP contribution in [0.1, 0.15) is 17.8 Å². The second-order valence-corrected chi connectivity index (χ2v) is 8.87. The molecule has 170 valence electrons. The summed E-state index contributed by atoms with van der Waals surface area (Å²) in [6, 6.07) is 13.7. The van der Waals surface area contributed by atoms with E-state index >= 15 is 0 Å². The predicted molar refractivity (Wildman–Crippen MR) is 126 cm³/mol. The highest BCUT2D eigenvalue weighted by molar-refractivity contribution is 7.99. The van der Waals surface area contributed by atoms with Crippen LogP contribution in [0, 0.1) is 6.92 Å². The summed E-state index contributed by atoms with van der Waals surface area (Å²) in [6.45, 7) is 1.93. The molecule has 3 N–H and O–H groups in total. The number of benzene rings is 2. The van der Waals surface area contributed by atoms with Crippen molar-refractivity contribution in [1.82, 2.24) is 25.4 Å². The van der Waals surface area contributed by atoms with E-state index in [4.69, 9.17) is 11.6 Å². The van der Waals surface area contributed by atoms with Crippen molar-refractivity contribution in [2.45, 2.75) is 31.0 Å². The number of hydrogen-bond donors (Lipinski definition) is 3. The fourth-order valence-corrected chi connectivity index (χ4v) is 4.32. The smallest absolute Gasteiger partial charge is 0.321 e. The number of urea groups is 1. The number of nitrogens with one attached hydrogen (secondary N) is 3. The first-order chi connectivity index (χ1) is 15.9. The van der Waals surface area contributed by atoms with Gasteiger partial charge < -0.3 is 10.6 Å². The first kappa shape index (κ1) is 22.8. The van der Waals surface area contributed by atoms with Crippen LogP contribution in [0.3, 0.4) is 0 Å². The summed E-state index contributed by atoms with van der Waals surface area (Å²) in [5.74, 6) is 0.170. The SMILES string of the molecule is Cc1ccccc1NC(=O)CSc1nnc(CC2CC(=O)NC(=O)N2)n1-c1ccc(Cl)cc1. The van der Waals surface area contributed by atoms with Gasteiger partial charge in [0.05, 0.1) is 5.75 Å². The molecule has 4 amide bonds. The predicted octanol–water partition coefficient (Wildman–Crippen LogP) is 3.10. The average molecular weight is 485 g/mol. The van der Waals surface area contributed by atoms with Gasteiger partial charge in [0.1, 0.15) is 5.82 Å². The Kier molecular flexibility index (Phi) is 6.95. The molecular formula is C22H21ClN6O3S. The summed E-state index contributed by atoms with van der Waals surface area (Å²) in [5.41, 5.74) is 2.49. The van der Waals surface area contributed by atoms with Crippen LogP contribution in [0.15, 0.2) is 53.7 Å². The van der Waals surface area contributed by atoms with Gasteiger partial charge in [0.2, 0.25) is 11.8 Å². The third kappa shape index (κ3) is 5.71. The number of carbonyl (C=O) groups excluding carboxylic acids is 3. The van der Waals surface area contributed by atoms with Crippen LogP contribution in [0.2, 0.25) is 5.02 Å². The molecule has 0 radical (unpaired) electrons. The highest BCUT2D eigenvalue weighted by Gasteiger charge is 2.27. The minimum Gasteiger partial charge on any atom is -0.334 e. The van der Waals surface area contributed by atoms with Gasteiger partial charge in [0, 0.05) is 35.3 Å². The van der Waals surface area contributed by atoms with E-state index in [-0.39, 0.29) is 24.0 Å². The molecule has 0 saturated carbocycles. The van der Waals surface area contributed by atoms with E-state index in [1.807, 2.05) is 43.3 Å². The van der Waals surface area contributed by atoms with Gasteiger partial charge >= 0.3 is 6.03 Å². The molecule has 1 atom stereocenters. The first-order valence-electron chi connectivity index (χ1n) is 10.2. The molecule has 3 aromatic rings. The molecule has 0 spiro atoms. The van der Waals surface area contributed by atoms with Gasteiger partial charge in [0.25, 0.3) is 0 Å². The molecule has 0 bridgehead atoms. The van der Waals surface area contributed by atoms with Crippen molar-refractivity contribution >= 4 is 46.9 Å². The summed E-state index contributed by atoms with van der Waals surface area (Å²) in [6.07, 6.45) is 0.436. The van der Waals surface area contributed by atoms with E-state index < -0.39 is 12.1 Å². The second-order valence-electron chi connectivity index (χ2n) is 7.49. The lowest BCUT2D eigenvalue weighted by Crippen LogP contribution is -2.53. The van der Waals surface area contributed by atoms with Crippen LogP contribution < -0.4 is 16.0 Å². The van der Waals surface area contributed by atoms with Gasteiger partial charge in [-0.2, -0.15) is 0 Å². The van der Waals surface area contributed by atoms with E-state index in [1.165, 1.54) is 11.8 Å². The maximum Gasteiger partial charge on any atom is 0.321 e. The summed E-state index contributed by atoms with van der Waals surface area (Å²) in [7, 11) is 0. The van der Waals surface area contributed by atoms with Gasteiger partial charge in [-0.25, -0.2) is 4.79 Å². The molecular weight excluding hydrogens is 464 g/mol. The number of halogens is 1. The van der Waals surface area contributed by atoms with Crippen LogP contribution in [0.5, 0.6) is 0 Å². The maximum atomic E-state index is 12.5. The number of aromatic nitrogens is 3. The average Bonchev–Trinajstić information content (AvgIpc) is 3.16. The van der Waals surface area contributed by atoms with Gasteiger partial charge in [0.15, 0.2) is 5.16 Å². The fourth-order valence-electron chi connectivity index (χ4n) is 3.42. The number of thioether (sulfide) groups is 1. The Morgan fingerprint density at radius 1 is 1.18 bits per heavy atom. The third-order valence-electron chi connectivity index (χ3n) is 4.99. The zero-order valence-electron chi connectivity index (χ0n) is 17.7. The van der Waals surface area contributed by atoms with Crippen molar-refractivity contribution < 1.29 is 14.4 Å². The van der Waals surface area contributed by atoms with Crippen LogP contribution >= 0.6 is 23.4 Å². The second kappa shape index (κ2) is 10.1. The molecule has 9 nitrogen and oxygen atoms in total. The highest BCUT2D eigenvalue weighted by atomic mass is 35.5. The number of hydrogen-bond acceptors (Lipinski definition) is 6. The maximum absolute atomic E-state index is 12.5. The number of amides is 4. The zero-order chi connectivity index (χ0) is 23.4. The van der Waals surface area contributed by atoms with Crippen LogP contribution in [0.25, 0.3) is 5.69 Å². The number of imide groups is 1. The first-order valence-corrected chi connectivity index (χ1v) is 11.5. The Labute approximate surface area is 199 Å². The van der Waals surface area contributed by atoms with Crippen molar-refractivity contribution in [1.29, 1.82) is 0 Å². The Hall–Kier alpha value is -3.37. The van der Waals surface area contributed by atoms with Crippen LogP contribution in [-0.4, -0.2) is 44.4 Å². The lowest BCUT2D eigenvalue weighted by molar-refractivity contribution is -0.121. The van der Waals surface area contributed by atoms with E-state index in [1.54, 1.807) is 16.7 Å². The van der Waals surface area contributed by atoms with Gasteiger partial charge in [-0.3, -0.25) is 19.5 Å². The number of anilines is 1. The normalized spacial score (nSPS) is 15.6. The zero-order valence-corrected chi connectivity index (χ0v) is 19.2. The van der Waals surface area contributed by atoms with Crippen molar-refractivity contribution in [3.8, 4) is 5.69 Å². The third-order valence-corrected chi connectivity index (χ3v) is 6.17. The molecule has 2 heterocycles. The summed E-state index contributed by atoms with van der Waals surface area (Å²) < 4.78 is 1.81. The Balaban J connectivity index is 1.54. The minimum absolute atomic E-state index is 0.128. The largest absolute Gasteiger partial charge is 0.334 e. The number of nitrogens with zero attached hydrogens (tertiary/aromatic N) is 3. The Morgan fingerprint density at radius 3 is 2.67 bits per heavy atom. The highest BCUT2D eigenvalue weighted by Crippen LogP contribution is 2.25. The molecule has 1 aliphatic heterocycles. The number of carbonyl (C=O) groups is 3. The van der Waals surface area contributed by atoms with Crippen molar-refractivity contribution in [3.63, 3.8) is 0 Å². The molecule has 1 unspecified atom stereocenters. The Morgan fingerprint density at radius 2 is 1.94 bits per heavy atom. The molecule has 1 saturated heterocycles. The van der Waals surface area contributed by atoms with Crippen molar-refractivity contribution in [2.75, 3.05) is 11.1 Å². The molecule has 33 heavy (non-hydrogen) atoms. The molecule has 4 rings (SSSR count). The van der Waals surface area contributed by atoms with Crippen LogP contribution in [-0.2, 0) is 16.0 Å². The minimum atomic E-state index is -0.531. The summed E-state index contributed by atoms with van der Waals surface area (Å²) >= 11 is 7.28. The Bertz CT molecular complexity index is 1180. The van der Waals surface area contributed by atoms with E-state index in [0.717, 1.165) is 16.9 Å². The number of para-hydroxylation sites is 1. The fraction of sp³-hybridized carbons (Fsp3) is 0.227. The summed E-state index contributed by atoms with van der Waals surface area (Å²) in [5, 5.41) is 17.5. The van der Waals surface area contributed by atoms with Crippen LogP contribution in [0.4, 0.5) is 10.5 Å². The molecule has 1 aromatic heterocycles. The number of aryl methyl sites for hydroxylation is 1. The molecule has 1 aliphatic rings. The lowest BCUT2D eigenvalue weighted by atomic mass is 10.1. The lowest BCUT2D eigenvalue weighted by Gasteiger charge is -2.23. The molecule has 1 fully saturated rings. The standard InChI is InChI=1S/C22H21ClN6O3S/c1-13-4-2-3-5-17(13)25-20(31)12-33-22-28-27-18(10-15-11-19(30)26-21(32)24-15)29(22)16-8-6-14(23)7-9-16/h2-9,15H,10-12H2,1H3,(H,25,31)(H2,24,26,30,32). The van der Waals surface area contributed by atoms with Crippen molar-refractivity contribution in [3.05, 3.63) is 64.9 Å². The summed E-state index contributed by atoms with van der Waals surface area (Å²) in [4.78, 5) is 35.9. The molecule has 2 aromatic carbocycles. The number of rotatable bonds is 7. The molecule has 0 aliphatic carbocycles. The van der Waals surface area contributed by atoms with E-state index in [9.17, 15) is 14.4 Å². The topological polar surface area (TPSA) is 118 Å². The molecule has 11 heteroatoms. The monoisotopic (exact) mass is 484 g/mol. The van der Waals surface area contributed by atoms with Gasteiger partial charge in [-0.1, -0.05) is 41.6 Å². The van der Waals surface area contributed by atoms with E-state index in [2.05, 4.69) is 26.1 Å². The van der Waals surface area contributed by atoms with Gasteiger partial charge in [-0.05, 0) is 42.8 Å². The van der Waals surface area contributed by atoms with Gasteiger partial charge in [-0.15, -0.1) is 10.2 Å². The van der Waals surface area contributed by atoms with Crippen molar-refractivity contribution in [2.24, 2.45) is 0 Å².